The van der Waals surface area contributed by atoms with Crippen molar-refractivity contribution in [2.45, 2.75) is 19.4 Å². The summed E-state index contributed by atoms with van der Waals surface area (Å²) in [5, 5.41) is 11.2. The molecule has 0 fully saturated rings. The molecule has 0 bridgehead atoms. The van der Waals surface area contributed by atoms with Crippen LogP contribution in [0.25, 0.3) is 0 Å². The lowest BCUT2D eigenvalue weighted by Gasteiger charge is -2.06. The molecule has 0 aliphatic carbocycles. The first-order chi connectivity index (χ1) is 11.0. The molecule has 6 nitrogen and oxygen atoms in total. The van der Waals surface area contributed by atoms with Crippen LogP contribution in [0.15, 0.2) is 47.5 Å². The topological polar surface area (TPSA) is 108 Å². The van der Waals surface area contributed by atoms with Gasteiger partial charge in [0.1, 0.15) is 5.84 Å². The van der Waals surface area contributed by atoms with Gasteiger partial charge in [0.2, 0.25) is 0 Å². The molecule has 136 valence electrons. The summed E-state index contributed by atoms with van der Waals surface area (Å²) in [6, 6.07) is 12.9. The molecule has 0 aliphatic heterocycles. The molecule has 8 heteroatoms. The molecule has 0 amide bonds. The highest BCUT2D eigenvalue weighted by molar-refractivity contribution is 5.97. The van der Waals surface area contributed by atoms with Crippen LogP contribution in [0.2, 0.25) is 0 Å². The van der Waals surface area contributed by atoms with E-state index in [0.717, 1.165) is 16.7 Å². The Morgan fingerprint density at radius 2 is 1.68 bits per heavy atom. The SMILES string of the molecule is CN=C(N)c1ccc(CCc2ccc(CN)cc2[N+](=O)[O-])cc1.Cl.Cl. The normalized spacial score (nSPS) is 10.6. The van der Waals surface area contributed by atoms with Crippen molar-refractivity contribution in [2.24, 2.45) is 16.5 Å². The number of aliphatic imine (C=N–C) groups is 1. The Labute approximate surface area is 159 Å². The monoisotopic (exact) mass is 384 g/mol. The van der Waals surface area contributed by atoms with E-state index in [-0.39, 0.29) is 35.4 Å². The van der Waals surface area contributed by atoms with Gasteiger partial charge in [0, 0.05) is 30.8 Å². The number of hydrogen-bond donors (Lipinski definition) is 2. The van der Waals surface area contributed by atoms with E-state index < -0.39 is 0 Å². The molecule has 25 heavy (non-hydrogen) atoms. The van der Waals surface area contributed by atoms with E-state index in [1.54, 1.807) is 19.2 Å². The lowest BCUT2D eigenvalue weighted by Crippen LogP contribution is -2.12. The van der Waals surface area contributed by atoms with Gasteiger partial charge < -0.3 is 11.5 Å². The number of halogens is 2. The van der Waals surface area contributed by atoms with Crippen molar-refractivity contribution in [3.8, 4) is 0 Å². The summed E-state index contributed by atoms with van der Waals surface area (Å²) in [5.41, 5.74) is 14.9. The fourth-order valence-electron chi connectivity index (χ4n) is 2.37. The second-order valence-electron chi connectivity index (χ2n) is 5.23. The molecule has 0 radical (unpaired) electrons. The second kappa shape index (κ2) is 10.7. The molecule has 2 aromatic rings. The van der Waals surface area contributed by atoms with E-state index in [2.05, 4.69) is 4.99 Å². The van der Waals surface area contributed by atoms with Crippen molar-refractivity contribution in [1.29, 1.82) is 0 Å². The third kappa shape index (κ3) is 6.01. The lowest BCUT2D eigenvalue weighted by molar-refractivity contribution is -0.385. The van der Waals surface area contributed by atoms with E-state index in [1.165, 1.54) is 0 Å². The fourth-order valence-corrected chi connectivity index (χ4v) is 2.37. The maximum atomic E-state index is 11.2. The Bertz CT molecular complexity index is 734. The van der Waals surface area contributed by atoms with Gasteiger partial charge in [-0.3, -0.25) is 15.1 Å². The second-order valence-corrected chi connectivity index (χ2v) is 5.23. The highest BCUT2D eigenvalue weighted by atomic mass is 35.5. The lowest BCUT2D eigenvalue weighted by atomic mass is 10.0. The molecule has 0 spiro atoms. The minimum atomic E-state index is -0.351. The van der Waals surface area contributed by atoms with Gasteiger partial charge in [-0.2, -0.15) is 0 Å². The number of amidine groups is 1. The van der Waals surface area contributed by atoms with Gasteiger partial charge in [0.25, 0.3) is 5.69 Å². The molecule has 0 heterocycles. The van der Waals surface area contributed by atoms with E-state index in [9.17, 15) is 10.1 Å². The molecule has 0 saturated carbocycles. The number of nitrogens with two attached hydrogens (primary N) is 2. The van der Waals surface area contributed by atoms with Crippen LogP contribution >= 0.6 is 24.8 Å². The first kappa shape index (κ1) is 22.9. The van der Waals surface area contributed by atoms with Crippen LogP contribution < -0.4 is 11.5 Å². The van der Waals surface area contributed by atoms with Gasteiger partial charge in [-0.25, -0.2) is 0 Å². The van der Waals surface area contributed by atoms with Crippen molar-refractivity contribution in [3.63, 3.8) is 0 Å². The first-order valence-corrected chi connectivity index (χ1v) is 7.33. The zero-order valence-electron chi connectivity index (χ0n) is 13.8. The van der Waals surface area contributed by atoms with Crippen molar-refractivity contribution >= 4 is 36.3 Å². The summed E-state index contributed by atoms with van der Waals surface area (Å²) in [7, 11) is 1.65. The van der Waals surface area contributed by atoms with E-state index in [0.29, 0.717) is 30.8 Å². The van der Waals surface area contributed by atoms with Gasteiger partial charge in [-0.15, -0.1) is 24.8 Å². The highest BCUT2D eigenvalue weighted by Crippen LogP contribution is 2.22. The largest absolute Gasteiger partial charge is 0.384 e. The van der Waals surface area contributed by atoms with Gasteiger partial charge in [-0.1, -0.05) is 36.4 Å². The maximum absolute atomic E-state index is 11.2. The summed E-state index contributed by atoms with van der Waals surface area (Å²) < 4.78 is 0. The zero-order valence-corrected chi connectivity index (χ0v) is 15.5. The number of nitro benzene ring substituents is 1. The summed E-state index contributed by atoms with van der Waals surface area (Å²) >= 11 is 0. The summed E-state index contributed by atoms with van der Waals surface area (Å²) in [4.78, 5) is 14.8. The van der Waals surface area contributed by atoms with Gasteiger partial charge in [0.15, 0.2) is 0 Å². The number of hydrogen-bond acceptors (Lipinski definition) is 4. The van der Waals surface area contributed by atoms with Gasteiger partial charge in [0.05, 0.1) is 4.92 Å². The summed E-state index contributed by atoms with van der Waals surface area (Å²) in [6.07, 6.45) is 1.31. The Balaban J connectivity index is 0.00000288. The number of benzene rings is 2. The van der Waals surface area contributed by atoms with Crippen LogP contribution in [0.1, 0.15) is 22.3 Å². The van der Waals surface area contributed by atoms with Crippen LogP contribution in [0.5, 0.6) is 0 Å². The molecule has 0 atom stereocenters. The average Bonchev–Trinajstić information content (AvgIpc) is 2.59. The molecule has 0 aliphatic rings. The fraction of sp³-hybridized carbons (Fsp3) is 0.235. The predicted molar refractivity (Wildman–Crippen MR) is 106 cm³/mol. The predicted octanol–water partition coefficient (Wildman–Crippen LogP) is 3.02. The molecule has 2 aromatic carbocycles. The summed E-state index contributed by atoms with van der Waals surface area (Å²) in [6.45, 7) is 0.295. The first-order valence-electron chi connectivity index (χ1n) is 7.33. The third-order valence-electron chi connectivity index (χ3n) is 3.76. The minimum Gasteiger partial charge on any atom is -0.384 e. The molecule has 0 unspecified atom stereocenters. The van der Waals surface area contributed by atoms with E-state index in [1.807, 2.05) is 30.3 Å². The maximum Gasteiger partial charge on any atom is 0.272 e. The Hall–Kier alpha value is -2.15. The smallest absolute Gasteiger partial charge is 0.272 e. The Morgan fingerprint density at radius 1 is 1.08 bits per heavy atom. The van der Waals surface area contributed by atoms with E-state index >= 15 is 0 Å². The van der Waals surface area contributed by atoms with Crippen LogP contribution in [0, 0.1) is 10.1 Å². The Kier molecular flexibility index (Phi) is 9.74. The quantitative estimate of drug-likeness (QED) is 0.345. The standard InChI is InChI=1S/C17H20N4O2.2ClH/c1-20-17(19)15-8-3-12(4-9-15)2-6-14-7-5-13(11-18)10-16(14)21(22)23;;/h3-5,7-10H,2,6,11,18H2,1H3,(H2,19,20);2*1H. The number of nitrogens with zero attached hydrogens (tertiary/aromatic N) is 2. The van der Waals surface area contributed by atoms with Crippen LogP contribution in [-0.2, 0) is 19.4 Å². The Morgan fingerprint density at radius 3 is 2.20 bits per heavy atom. The molecule has 4 N–H and O–H groups in total. The van der Waals surface area contributed by atoms with Crippen LogP contribution in [-0.4, -0.2) is 17.8 Å². The zero-order chi connectivity index (χ0) is 16.8. The summed E-state index contributed by atoms with van der Waals surface area (Å²) in [5.74, 6) is 0.490. The number of nitro groups is 1. The van der Waals surface area contributed by atoms with Crippen molar-refractivity contribution in [2.75, 3.05) is 7.05 Å². The van der Waals surface area contributed by atoms with E-state index in [4.69, 9.17) is 11.5 Å². The molecular formula is C17H22Cl2N4O2. The molecular weight excluding hydrogens is 363 g/mol. The van der Waals surface area contributed by atoms with Gasteiger partial charge in [-0.05, 0) is 24.0 Å². The number of rotatable bonds is 6. The van der Waals surface area contributed by atoms with Crippen molar-refractivity contribution in [3.05, 3.63) is 74.8 Å². The molecule has 0 aromatic heterocycles. The van der Waals surface area contributed by atoms with Crippen LogP contribution in [0.3, 0.4) is 0 Å². The third-order valence-corrected chi connectivity index (χ3v) is 3.76. The van der Waals surface area contributed by atoms with Gasteiger partial charge >= 0.3 is 0 Å². The molecule has 0 saturated heterocycles. The molecule has 2 rings (SSSR count). The minimum absolute atomic E-state index is 0. The van der Waals surface area contributed by atoms with Crippen molar-refractivity contribution in [1.82, 2.24) is 0 Å². The highest BCUT2D eigenvalue weighted by Gasteiger charge is 2.14. The number of aryl methyl sites for hydroxylation is 2. The average molecular weight is 385 g/mol. The van der Waals surface area contributed by atoms with Crippen LogP contribution in [0.4, 0.5) is 5.69 Å². The van der Waals surface area contributed by atoms with Crippen molar-refractivity contribution < 1.29 is 4.92 Å².